The molecule has 2 aromatic rings. The summed E-state index contributed by atoms with van der Waals surface area (Å²) >= 11 is 5.73. The van der Waals surface area contributed by atoms with Crippen molar-refractivity contribution in [3.8, 4) is 11.5 Å². The second kappa shape index (κ2) is 5.44. The van der Waals surface area contributed by atoms with Gasteiger partial charge in [-0.3, -0.25) is 0 Å². The molecule has 0 atom stereocenters. The van der Waals surface area contributed by atoms with Crippen molar-refractivity contribution in [2.45, 2.75) is 13.5 Å². The largest absolute Gasteiger partial charge is 0.486 e. The van der Waals surface area contributed by atoms with Gasteiger partial charge in [-0.05, 0) is 63.1 Å². The molecule has 2 heterocycles. The van der Waals surface area contributed by atoms with E-state index in [2.05, 4.69) is 43.6 Å². The second-order valence-electron chi connectivity index (χ2n) is 4.54. The zero-order valence-corrected chi connectivity index (χ0v) is 14.6. The first-order chi connectivity index (χ1) is 9.56. The van der Waals surface area contributed by atoms with Crippen LogP contribution in [0, 0.1) is 10.5 Å². The van der Waals surface area contributed by atoms with E-state index in [-0.39, 0.29) is 0 Å². The van der Waals surface area contributed by atoms with Crippen LogP contribution in [0.1, 0.15) is 11.3 Å². The number of fused-ring (bicyclic) bond motifs is 1. The summed E-state index contributed by atoms with van der Waals surface area (Å²) < 4.78 is 14.9. The summed E-state index contributed by atoms with van der Waals surface area (Å²) in [5.41, 5.74) is 8.06. The summed E-state index contributed by atoms with van der Waals surface area (Å²) in [4.78, 5) is 0. The highest BCUT2D eigenvalue weighted by Gasteiger charge is 2.17. The van der Waals surface area contributed by atoms with Crippen LogP contribution in [0.25, 0.3) is 0 Å². The quantitative estimate of drug-likeness (QED) is 0.716. The Labute approximate surface area is 138 Å². The van der Waals surface area contributed by atoms with Gasteiger partial charge in [-0.15, -0.1) is 0 Å². The maximum atomic E-state index is 6.05. The summed E-state index contributed by atoms with van der Waals surface area (Å²) in [6, 6.07) is 3.99. The van der Waals surface area contributed by atoms with Crippen LogP contribution in [0.15, 0.2) is 16.6 Å². The Morgan fingerprint density at radius 1 is 1.40 bits per heavy atom. The van der Waals surface area contributed by atoms with E-state index in [1.807, 2.05) is 19.1 Å². The highest BCUT2D eigenvalue weighted by atomic mass is 127. The molecule has 0 saturated heterocycles. The van der Waals surface area contributed by atoms with Gasteiger partial charge in [0.05, 0.1) is 20.3 Å². The molecule has 0 amide bonds. The van der Waals surface area contributed by atoms with Crippen molar-refractivity contribution < 1.29 is 9.47 Å². The number of hydrogen-bond donors (Lipinski definition) is 1. The van der Waals surface area contributed by atoms with Gasteiger partial charge in [0.2, 0.25) is 0 Å². The first-order valence-corrected chi connectivity index (χ1v) is 8.00. The van der Waals surface area contributed by atoms with Crippen LogP contribution in [-0.2, 0) is 6.54 Å². The molecule has 0 fully saturated rings. The van der Waals surface area contributed by atoms with Gasteiger partial charge in [0.15, 0.2) is 11.5 Å². The number of anilines is 1. The van der Waals surface area contributed by atoms with Gasteiger partial charge in [-0.2, -0.15) is 5.10 Å². The average Bonchev–Trinajstić information content (AvgIpc) is 2.66. The molecule has 1 aliphatic heterocycles. The Hall–Kier alpha value is -0.960. The number of nitrogen functional groups attached to an aromatic ring is 1. The number of rotatable bonds is 2. The Bertz CT molecular complexity index is 672. The SMILES string of the molecule is Cc1nn(Cc2cc(Br)c3c(c2)OCCO3)c(N)c1I. The zero-order chi connectivity index (χ0) is 14.3. The monoisotopic (exact) mass is 449 g/mol. The molecule has 3 rings (SSSR count). The highest BCUT2D eigenvalue weighted by molar-refractivity contribution is 14.1. The fourth-order valence-corrected chi connectivity index (χ4v) is 3.12. The second-order valence-corrected chi connectivity index (χ2v) is 6.48. The Kier molecular flexibility index (Phi) is 3.80. The summed E-state index contributed by atoms with van der Waals surface area (Å²) in [6.07, 6.45) is 0. The topological polar surface area (TPSA) is 62.3 Å². The lowest BCUT2D eigenvalue weighted by Gasteiger charge is -2.20. The zero-order valence-electron chi connectivity index (χ0n) is 10.8. The van der Waals surface area contributed by atoms with E-state index in [0.717, 1.165) is 30.8 Å². The first kappa shape index (κ1) is 14.0. The lowest BCUT2D eigenvalue weighted by Crippen LogP contribution is -2.16. The van der Waals surface area contributed by atoms with Crippen molar-refractivity contribution in [2.75, 3.05) is 18.9 Å². The molecule has 20 heavy (non-hydrogen) atoms. The fourth-order valence-electron chi connectivity index (χ4n) is 2.13. The van der Waals surface area contributed by atoms with Crippen molar-refractivity contribution >= 4 is 44.3 Å². The van der Waals surface area contributed by atoms with Crippen LogP contribution in [0.3, 0.4) is 0 Å². The lowest BCUT2D eigenvalue weighted by atomic mass is 10.2. The number of nitrogens with zero attached hydrogens (tertiary/aromatic N) is 2. The van der Waals surface area contributed by atoms with Crippen molar-refractivity contribution in [2.24, 2.45) is 0 Å². The highest BCUT2D eigenvalue weighted by Crippen LogP contribution is 2.38. The molecule has 1 aromatic heterocycles. The van der Waals surface area contributed by atoms with E-state index >= 15 is 0 Å². The van der Waals surface area contributed by atoms with Crippen molar-refractivity contribution in [3.63, 3.8) is 0 Å². The van der Waals surface area contributed by atoms with E-state index in [9.17, 15) is 0 Å². The first-order valence-electron chi connectivity index (χ1n) is 6.12. The van der Waals surface area contributed by atoms with Crippen molar-refractivity contribution in [1.82, 2.24) is 9.78 Å². The molecule has 0 bridgehead atoms. The molecule has 0 radical (unpaired) electrons. The Morgan fingerprint density at radius 2 is 2.15 bits per heavy atom. The van der Waals surface area contributed by atoms with E-state index in [1.54, 1.807) is 4.68 Å². The molecule has 0 saturated carbocycles. The number of ether oxygens (including phenoxy) is 2. The predicted molar refractivity (Wildman–Crippen MR) is 88.3 cm³/mol. The summed E-state index contributed by atoms with van der Waals surface area (Å²) in [7, 11) is 0. The number of hydrogen-bond acceptors (Lipinski definition) is 4. The molecule has 7 heteroatoms. The van der Waals surface area contributed by atoms with Crippen LogP contribution in [0.5, 0.6) is 11.5 Å². The summed E-state index contributed by atoms with van der Waals surface area (Å²) in [5.74, 6) is 2.21. The van der Waals surface area contributed by atoms with E-state index < -0.39 is 0 Å². The van der Waals surface area contributed by atoms with Gasteiger partial charge in [0, 0.05) is 0 Å². The number of aryl methyl sites for hydroxylation is 1. The molecule has 5 nitrogen and oxygen atoms in total. The maximum Gasteiger partial charge on any atom is 0.175 e. The van der Waals surface area contributed by atoms with Crippen molar-refractivity contribution in [3.05, 3.63) is 31.4 Å². The Morgan fingerprint density at radius 3 is 2.85 bits per heavy atom. The van der Waals surface area contributed by atoms with Crippen LogP contribution in [0.2, 0.25) is 0 Å². The normalized spacial score (nSPS) is 13.6. The molecule has 0 aliphatic carbocycles. The van der Waals surface area contributed by atoms with Crippen LogP contribution < -0.4 is 15.2 Å². The van der Waals surface area contributed by atoms with Gasteiger partial charge >= 0.3 is 0 Å². The third-order valence-corrected chi connectivity index (χ3v) is 5.00. The van der Waals surface area contributed by atoms with Crippen molar-refractivity contribution in [1.29, 1.82) is 0 Å². The minimum absolute atomic E-state index is 0.573. The molecule has 106 valence electrons. The smallest absolute Gasteiger partial charge is 0.175 e. The molecular weight excluding hydrogens is 437 g/mol. The molecule has 2 N–H and O–H groups in total. The number of halogens is 2. The van der Waals surface area contributed by atoms with E-state index in [1.165, 1.54) is 0 Å². The van der Waals surface area contributed by atoms with Gasteiger partial charge in [-0.25, -0.2) is 4.68 Å². The number of aromatic nitrogens is 2. The van der Waals surface area contributed by atoms with Crippen LogP contribution in [0.4, 0.5) is 5.82 Å². The molecule has 0 unspecified atom stereocenters. The van der Waals surface area contributed by atoms with Gasteiger partial charge in [0.25, 0.3) is 0 Å². The minimum atomic E-state index is 0.573. The minimum Gasteiger partial charge on any atom is -0.486 e. The fraction of sp³-hybridized carbons (Fsp3) is 0.308. The maximum absolute atomic E-state index is 6.05. The average molecular weight is 450 g/mol. The molecule has 1 aromatic carbocycles. The summed E-state index contributed by atoms with van der Waals surface area (Å²) in [5, 5.41) is 4.44. The third-order valence-electron chi connectivity index (χ3n) is 3.08. The van der Waals surface area contributed by atoms with Crippen LogP contribution >= 0.6 is 38.5 Å². The standard InChI is InChI=1S/C13H13BrIN3O2/c1-7-11(15)13(16)18(17-7)6-8-4-9(14)12-10(5-8)19-2-3-20-12/h4-5H,2-3,6,16H2,1H3. The third kappa shape index (κ3) is 2.48. The van der Waals surface area contributed by atoms with E-state index in [0.29, 0.717) is 25.6 Å². The molecular formula is C13H13BrIN3O2. The van der Waals surface area contributed by atoms with Gasteiger partial charge in [-0.1, -0.05) is 0 Å². The molecule has 1 aliphatic rings. The van der Waals surface area contributed by atoms with Gasteiger partial charge in [0.1, 0.15) is 19.0 Å². The number of nitrogens with two attached hydrogens (primary N) is 1. The summed E-state index contributed by atoms with van der Waals surface area (Å²) in [6.45, 7) is 3.71. The van der Waals surface area contributed by atoms with Crippen LogP contribution in [-0.4, -0.2) is 23.0 Å². The number of benzene rings is 1. The predicted octanol–water partition coefficient (Wildman–Crippen LogP) is 2.96. The van der Waals surface area contributed by atoms with Gasteiger partial charge < -0.3 is 15.2 Å². The molecule has 0 spiro atoms. The van der Waals surface area contributed by atoms with E-state index in [4.69, 9.17) is 15.2 Å². The lowest BCUT2D eigenvalue weighted by molar-refractivity contribution is 0.170. The Balaban J connectivity index is 1.95.